The number of nitro benzene ring substituents is 1. The zero-order valence-electron chi connectivity index (χ0n) is 14.2. The largest absolute Gasteiger partial charge is 0.452 e. The number of rotatable bonds is 6. The second kappa shape index (κ2) is 8.44. The average Bonchev–Trinajstić information content (AvgIpc) is 2.59. The Morgan fingerprint density at radius 1 is 1.27 bits per heavy atom. The number of carbonyl (C=O) groups excluding carboxylic acids is 2. The van der Waals surface area contributed by atoms with Crippen LogP contribution in [0.1, 0.15) is 34.5 Å². The van der Waals surface area contributed by atoms with Crippen molar-refractivity contribution in [3.05, 3.63) is 74.3 Å². The number of hydrogen-bond donors (Lipinski definition) is 1. The molecule has 8 heteroatoms. The van der Waals surface area contributed by atoms with Gasteiger partial charge in [0.25, 0.3) is 11.6 Å². The molecule has 0 spiro atoms. The number of carbonyl (C=O) groups is 2. The van der Waals surface area contributed by atoms with Gasteiger partial charge in [0.15, 0.2) is 6.61 Å². The summed E-state index contributed by atoms with van der Waals surface area (Å²) >= 11 is 5.91. The number of esters is 1. The van der Waals surface area contributed by atoms with Gasteiger partial charge in [0, 0.05) is 10.6 Å². The van der Waals surface area contributed by atoms with Crippen LogP contribution in [0.3, 0.4) is 0 Å². The van der Waals surface area contributed by atoms with Crippen molar-refractivity contribution in [3.8, 4) is 0 Å². The van der Waals surface area contributed by atoms with E-state index < -0.39 is 23.4 Å². The van der Waals surface area contributed by atoms with Gasteiger partial charge in [-0.15, -0.1) is 0 Å². The summed E-state index contributed by atoms with van der Waals surface area (Å²) in [5.41, 5.74) is 0.617. The van der Waals surface area contributed by atoms with E-state index in [0.29, 0.717) is 10.6 Å². The molecule has 1 amide bonds. The van der Waals surface area contributed by atoms with Gasteiger partial charge in [-0.25, -0.2) is 4.79 Å². The van der Waals surface area contributed by atoms with E-state index in [1.807, 2.05) is 0 Å². The van der Waals surface area contributed by atoms with Crippen LogP contribution in [0.2, 0.25) is 5.02 Å². The Bertz CT molecular complexity index is 853. The minimum atomic E-state index is -0.925. The fourth-order valence-corrected chi connectivity index (χ4v) is 2.62. The highest BCUT2D eigenvalue weighted by atomic mass is 35.5. The summed E-state index contributed by atoms with van der Waals surface area (Å²) in [5.74, 6) is -1.45. The molecule has 0 saturated heterocycles. The van der Waals surface area contributed by atoms with Gasteiger partial charge in [0.2, 0.25) is 0 Å². The molecule has 2 aromatic rings. The number of amides is 1. The quantitative estimate of drug-likeness (QED) is 0.472. The van der Waals surface area contributed by atoms with E-state index in [1.165, 1.54) is 25.1 Å². The van der Waals surface area contributed by atoms with Crippen molar-refractivity contribution in [2.75, 3.05) is 6.61 Å². The zero-order chi connectivity index (χ0) is 19.3. The predicted octanol–water partition coefficient (Wildman–Crippen LogP) is 3.59. The van der Waals surface area contributed by atoms with Gasteiger partial charge in [0.1, 0.15) is 5.56 Å². The van der Waals surface area contributed by atoms with Crippen molar-refractivity contribution in [3.63, 3.8) is 0 Å². The smallest absolute Gasteiger partial charge is 0.345 e. The average molecular weight is 377 g/mol. The predicted molar refractivity (Wildman–Crippen MR) is 96.1 cm³/mol. The second-order valence-corrected chi connectivity index (χ2v) is 6.08. The fourth-order valence-electron chi connectivity index (χ4n) is 2.42. The van der Waals surface area contributed by atoms with Crippen LogP contribution in [0.5, 0.6) is 0 Å². The van der Waals surface area contributed by atoms with Gasteiger partial charge in [-0.05, 0) is 37.6 Å². The molecule has 0 aliphatic heterocycles. The van der Waals surface area contributed by atoms with Crippen molar-refractivity contribution in [1.29, 1.82) is 0 Å². The summed E-state index contributed by atoms with van der Waals surface area (Å²) in [6, 6.07) is 11.0. The summed E-state index contributed by atoms with van der Waals surface area (Å²) in [6.45, 7) is 2.74. The Hall–Kier alpha value is -2.93. The molecule has 136 valence electrons. The van der Waals surface area contributed by atoms with Crippen LogP contribution in [-0.4, -0.2) is 23.4 Å². The van der Waals surface area contributed by atoms with Crippen molar-refractivity contribution in [1.82, 2.24) is 5.32 Å². The van der Waals surface area contributed by atoms with Gasteiger partial charge in [-0.1, -0.05) is 35.9 Å². The fraction of sp³-hybridized carbons (Fsp3) is 0.222. The molecule has 0 aromatic heterocycles. The first-order chi connectivity index (χ1) is 12.3. The van der Waals surface area contributed by atoms with E-state index in [-0.39, 0.29) is 17.3 Å². The van der Waals surface area contributed by atoms with Crippen LogP contribution in [0.4, 0.5) is 5.69 Å². The Labute approximate surface area is 155 Å². The molecule has 0 aliphatic rings. The Balaban J connectivity index is 1.98. The molecular weight excluding hydrogens is 360 g/mol. The lowest BCUT2D eigenvalue weighted by Crippen LogP contribution is -2.31. The first-order valence-corrected chi connectivity index (χ1v) is 8.13. The molecule has 1 unspecified atom stereocenters. The molecule has 0 saturated carbocycles. The van der Waals surface area contributed by atoms with E-state index in [4.69, 9.17) is 16.3 Å². The van der Waals surface area contributed by atoms with Crippen LogP contribution in [0.25, 0.3) is 0 Å². The SMILES string of the molecule is Cc1cccc(C(=O)OCC(=O)NC(C)c2cccc(Cl)c2)c1[N+](=O)[O-]. The Morgan fingerprint density at radius 2 is 1.96 bits per heavy atom. The number of benzene rings is 2. The number of halogens is 1. The summed E-state index contributed by atoms with van der Waals surface area (Å²) in [5, 5.41) is 14.3. The highest BCUT2D eigenvalue weighted by molar-refractivity contribution is 6.30. The topological polar surface area (TPSA) is 98.5 Å². The molecule has 0 aliphatic carbocycles. The summed E-state index contributed by atoms with van der Waals surface area (Å²) < 4.78 is 4.91. The third-order valence-electron chi connectivity index (χ3n) is 3.70. The molecule has 0 bridgehead atoms. The maximum absolute atomic E-state index is 12.1. The first kappa shape index (κ1) is 19.4. The van der Waals surface area contributed by atoms with E-state index in [0.717, 1.165) is 5.56 Å². The third kappa shape index (κ3) is 4.80. The number of hydrogen-bond acceptors (Lipinski definition) is 5. The van der Waals surface area contributed by atoms with Crippen LogP contribution in [0, 0.1) is 17.0 Å². The molecule has 26 heavy (non-hydrogen) atoms. The van der Waals surface area contributed by atoms with Crippen molar-refractivity contribution in [2.24, 2.45) is 0 Å². The number of para-hydroxylation sites is 1. The van der Waals surface area contributed by atoms with Crippen LogP contribution in [-0.2, 0) is 9.53 Å². The Kier molecular flexibility index (Phi) is 6.30. The van der Waals surface area contributed by atoms with Crippen LogP contribution in [0.15, 0.2) is 42.5 Å². The maximum Gasteiger partial charge on any atom is 0.345 e. The Morgan fingerprint density at radius 3 is 2.62 bits per heavy atom. The number of nitrogens with zero attached hydrogens (tertiary/aromatic N) is 1. The number of aryl methyl sites for hydroxylation is 1. The van der Waals surface area contributed by atoms with Crippen molar-refractivity contribution in [2.45, 2.75) is 19.9 Å². The van der Waals surface area contributed by atoms with Gasteiger partial charge in [-0.3, -0.25) is 14.9 Å². The number of ether oxygens (including phenoxy) is 1. The van der Waals surface area contributed by atoms with E-state index in [9.17, 15) is 19.7 Å². The van der Waals surface area contributed by atoms with Crippen LogP contribution < -0.4 is 5.32 Å². The lowest BCUT2D eigenvalue weighted by molar-refractivity contribution is -0.385. The molecule has 7 nitrogen and oxygen atoms in total. The van der Waals surface area contributed by atoms with Gasteiger partial charge >= 0.3 is 5.97 Å². The first-order valence-electron chi connectivity index (χ1n) is 7.75. The highest BCUT2D eigenvalue weighted by Gasteiger charge is 2.24. The molecular formula is C18H17ClN2O5. The van der Waals surface area contributed by atoms with Crippen molar-refractivity contribution < 1.29 is 19.2 Å². The standard InChI is InChI=1S/C18H17ClN2O5/c1-11-5-3-8-15(17(11)21(24)25)18(23)26-10-16(22)20-12(2)13-6-4-7-14(19)9-13/h3-9,12H,10H2,1-2H3,(H,20,22). The number of nitrogens with one attached hydrogen (secondary N) is 1. The third-order valence-corrected chi connectivity index (χ3v) is 3.94. The molecule has 2 aromatic carbocycles. The van der Waals surface area contributed by atoms with Gasteiger partial charge in [-0.2, -0.15) is 0 Å². The second-order valence-electron chi connectivity index (χ2n) is 5.65. The summed E-state index contributed by atoms with van der Waals surface area (Å²) in [7, 11) is 0. The lowest BCUT2D eigenvalue weighted by Gasteiger charge is -2.14. The minimum absolute atomic E-state index is 0.189. The van der Waals surface area contributed by atoms with Crippen LogP contribution >= 0.6 is 11.6 Å². The minimum Gasteiger partial charge on any atom is -0.452 e. The normalized spacial score (nSPS) is 11.5. The molecule has 1 atom stereocenters. The van der Waals surface area contributed by atoms with E-state index in [1.54, 1.807) is 31.2 Å². The monoisotopic (exact) mass is 376 g/mol. The summed E-state index contributed by atoms with van der Waals surface area (Å²) in [4.78, 5) is 34.6. The molecule has 0 radical (unpaired) electrons. The van der Waals surface area contributed by atoms with E-state index in [2.05, 4.69) is 5.32 Å². The number of nitro groups is 1. The molecule has 0 fully saturated rings. The van der Waals surface area contributed by atoms with E-state index >= 15 is 0 Å². The van der Waals surface area contributed by atoms with Gasteiger partial charge in [0.05, 0.1) is 11.0 Å². The highest BCUT2D eigenvalue weighted by Crippen LogP contribution is 2.23. The molecule has 1 N–H and O–H groups in total. The molecule has 2 rings (SSSR count). The maximum atomic E-state index is 12.1. The van der Waals surface area contributed by atoms with Gasteiger partial charge < -0.3 is 10.1 Å². The van der Waals surface area contributed by atoms with Crippen molar-refractivity contribution >= 4 is 29.2 Å². The lowest BCUT2D eigenvalue weighted by atomic mass is 10.1. The molecule has 0 heterocycles. The zero-order valence-corrected chi connectivity index (χ0v) is 14.9. The summed E-state index contributed by atoms with van der Waals surface area (Å²) in [6.07, 6.45) is 0.